The summed E-state index contributed by atoms with van der Waals surface area (Å²) in [4.78, 5) is 16.4. The highest BCUT2D eigenvalue weighted by Gasteiger charge is 2.14. The molecule has 0 saturated heterocycles. The Kier molecular flexibility index (Phi) is 4.21. The molecule has 0 aliphatic heterocycles. The first kappa shape index (κ1) is 16.0. The minimum Gasteiger partial charge on any atom is -0.496 e. The lowest BCUT2D eigenvalue weighted by Gasteiger charge is -2.10. The number of methoxy groups -OCH3 is 1. The van der Waals surface area contributed by atoms with Crippen molar-refractivity contribution in [2.45, 2.75) is 20.3 Å². The summed E-state index contributed by atoms with van der Waals surface area (Å²) in [6.07, 6.45) is 0.856. The van der Waals surface area contributed by atoms with Crippen molar-refractivity contribution >= 4 is 16.9 Å². The van der Waals surface area contributed by atoms with Crippen molar-refractivity contribution in [3.05, 3.63) is 59.2 Å². The Morgan fingerprint density at radius 3 is 2.58 bits per heavy atom. The number of aromatic carboxylic acids is 1. The average molecular weight is 321 g/mol. The van der Waals surface area contributed by atoms with Crippen molar-refractivity contribution in [2.75, 3.05) is 7.11 Å². The summed E-state index contributed by atoms with van der Waals surface area (Å²) in [5.41, 5.74) is 4.57. The van der Waals surface area contributed by atoms with Gasteiger partial charge in [-0.05, 0) is 60.9 Å². The zero-order valence-corrected chi connectivity index (χ0v) is 14.0. The summed E-state index contributed by atoms with van der Waals surface area (Å²) in [5.74, 6) is -0.146. The van der Waals surface area contributed by atoms with Crippen LogP contribution in [-0.4, -0.2) is 23.2 Å². The summed E-state index contributed by atoms with van der Waals surface area (Å²) < 4.78 is 5.28. The molecule has 24 heavy (non-hydrogen) atoms. The zero-order valence-electron chi connectivity index (χ0n) is 14.0. The minimum absolute atomic E-state index is 0.277. The van der Waals surface area contributed by atoms with Crippen molar-refractivity contribution in [1.82, 2.24) is 4.98 Å². The van der Waals surface area contributed by atoms with E-state index >= 15 is 0 Å². The Morgan fingerprint density at radius 1 is 1.17 bits per heavy atom. The van der Waals surface area contributed by atoms with Crippen molar-refractivity contribution in [3.63, 3.8) is 0 Å². The van der Waals surface area contributed by atoms with Crippen molar-refractivity contribution in [1.29, 1.82) is 0 Å². The Hall–Kier alpha value is -2.88. The van der Waals surface area contributed by atoms with E-state index in [9.17, 15) is 9.90 Å². The number of fused-ring (bicyclic) bond motifs is 1. The third-order valence-electron chi connectivity index (χ3n) is 4.20. The Morgan fingerprint density at radius 2 is 1.96 bits per heavy atom. The highest BCUT2D eigenvalue weighted by Crippen LogP contribution is 2.29. The standard InChI is InChI=1S/C20H19NO3/c1-4-13-5-7-17-15(10-13)16(20(22)23)11-18(21-17)14-6-8-19(24-3)12(2)9-14/h5-11H,4H2,1-3H3,(H,22,23). The van der Waals surface area contributed by atoms with Gasteiger partial charge in [0.05, 0.1) is 23.9 Å². The third-order valence-corrected chi connectivity index (χ3v) is 4.20. The molecule has 0 aliphatic carbocycles. The highest BCUT2D eigenvalue weighted by atomic mass is 16.5. The van der Waals surface area contributed by atoms with E-state index in [1.165, 1.54) is 0 Å². The van der Waals surface area contributed by atoms with Crippen LogP contribution < -0.4 is 4.74 Å². The number of ether oxygens (including phenoxy) is 1. The quantitative estimate of drug-likeness (QED) is 0.769. The lowest BCUT2D eigenvalue weighted by Crippen LogP contribution is -2.01. The van der Waals surface area contributed by atoms with Crippen LogP contribution in [-0.2, 0) is 6.42 Å². The first-order valence-electron chi connectivity index (χ1n) is 7.85. The molecule has 1 heterocycles. The molecule has 2 aromatic carbocycles. The molecule has 0 bridgehead atoms. The first-order chi connectivity index (χ1) is 11.5. The van der Waals surface area contributed by atoms with Gasteiger partial charge in [-0.2, -0.15) is 0 Å². The molecule has 0 radical (unpaired) electrons. The van der Waals surface area contributed by atoms with Crippen LogP contribution in [0.3, 0.4) is 0 Å². The molecule has 0 unspecified atom stereocenters. The Bertz CT molecular complexity index is 932. The smallest absolute Gasteiger partial charge is 0.336 e. The number of nitrogens with zero attached hydrogens (tertiary/aromatic N) is 1. The predicted molar refractivity (Wildman–Crippen MR) is 94.8 cm³/mol. The van der Waals surface area contributed by atoms with Crippen LogP contribution in [0.25, 0.3) is 22.2 Å². The second kappa shape index (κ2) is 6.32. The molecule has 0 amide bonds. The lowest BCUT2D eigenvalue weighted by atomic mass is 10.0. The molecule has 3 aromatic rings. The van der Waals surface area contributed by atoms with Crippen LogP contribution in [0, 0.1) is 6.92 Å². The second-order valence-corrected chi connectivity index (χ2v) is 5.75. The highest BCUT2D eigenvalue weighted by molar-refractivity contribution is 6.04. The summed E-state index contributed by atoms with van der Waals surface area (Å²) >= 11 is 0. The molecule has 0 atom stereocenters. The van der Waals surface area contributed by atoms with Crippen LogP contribution in [0.5, 0.6) is 5.75 Å². The number of aromatic nitrogens is 1. The number of benzene rings is 2. The van der Waals surface area contributed by atoms with Crippen LogP contribution in [0.15, 0.2) is 42.5 Å². The van der Waals surface area contributed by atoms with E-state index in [2.05, 4.69) is 4.98 Å². The fourth-order valence-corrected chi connectivity index (χ4v) is 2.86. The van der Waals surface area contributed by atoms with Crippen LogP contribution >= 0.6 is 0 Å². The molecule has 4 nitrogen and oxygen atoms in total. The van der Waals surface area contributed by atoms with Crippen LogP contribution in [0.4, 0.5) is 0 Å². The van der Waals surface area contributed by atoms with Gasteiger partial charge in [-0.3, -0.25) is 0 Å². The summed E-state index contributed by atoms with van der Waals surface area (Å²) in [7, 11) is 1.63. The van der Waals surface area contributed by atoms with Crippen LogP contribution in [0.1, 0.15) is 28.4 Å². The number of hydrogen-bond acceptors (Lipinski definition) is 3. The number of rotatable bonds is 4. The van der Waals surface area contributed by atoms with E-state index < -0.39 is 5.97 Å². The van der Waals surface area contributed by atoms with Gasteiger partial charge in [-0.25, -0.2) is 9.78 Å². The van der Waals surface area contributed by atoms with Gasteiger partial charge in [0.25, 0.3) is 0 Å². The molecular weight excluding hydrogens is 302 g/mol. The largest absolute Gasteiger partial charge is 0.496 e. The normalized spacial score (nSPS) is 10.8. The topological polar surface area (TPSA) is 59.4 Å². The van der Waals surface area contributed by atoms with E-state index in [0.717, 1.165) is 28.9 Å². The maximum Gasteiger partial charge on any atom is 0.336 e. The molecule has 1 N–H and O–H groups in total. The Balaban J connectivity index is 2.22. The monoisotopic (exact) mass is 321 g/mol. The second-order valence-electron chi connectivity index (χ2n) is 5.75. The number of carboxylic acid groups (broad SMARTS) is 1. The summed E-state index contributed by atoms with van der Waals surface area (Å²) in [6, 6.07) is 13.2. The van der Waals surface area contributed by atoms with Gasteiger partial charge in [0.15, 0.2) is 0 Å². The van der Waals surface area contributed by atoms with E-state index in [4.69, 9.17) is 4.74 Å². The van der Waals surface area contributed by atoms with Crippen molar-refractivity contribution in [3.8, 4) is 17.0 Å². The molecule has 3 rings (SSSR count). The number of pyridine rings is 1. The van der Waals surface area contributed by atoms with Gasteiger partial charge < -0.3 is 9.84 Å². The van der Waals surface area contributed by atoms with E-state index in [0.29, 0.717) is 16.6 Å². The van der Waals surface area contributed by atoms with E-state index in [1.54, 1.807) is 13.2 Å². The molecular formula is C20H19NO3. The third kappa shape index (κ3) is 2.83. The summed E-state index contributed by atoms with van der Waals surface area (Å²) in [6.45, 7) is 4.00. The number of hydrogen-bond donors (Lipinski definition) is 1. The van der Waals surface area contributed by atoms with E-state index in [1.807, 2.05) is 50.2 Å². The number of aryl methyl sites for hydroxylation is 2. The van der Waals surface area contributed by atoms with Gasteiger partial charge in [-0.15, -0.1) is 0 Å². The first-order valence-corrected chi connectivity index (χ1v) is 7.85. The molecule has 122 valence electrons. The van der Waals surface area contributed by atoms with Gasteiger partial charge in [0.1, 0.15) is 5.75 Å². The molecule has 1 aromatic heterocycles. The number of carbonyl (C=O) groups is 1. The van der Waals surface area contributed by atoms with Gasteiger partial charge in [0, 0.05) is 10.9 Å². The van der Waals surface area contributed by atoms with Gasteiger partial charge in [-0.1, -0.05) is 13.0 Å². The van der Waals surface area contributed by atoms with E-state index in [-0.39, 0.29) is 5.56 Å². The SMILES string of the molecule is CCc1ccc2nc(-c3ccc(OC)c(C)c3)cc(C(=O)O)c2c1. The van der Waals surface area contributed by atoms with Crippen molar-refractivity contribution < 1.29 is 14.6 Å². The van der Waals surface area contributed by atoms with Crippen LogP contribution in [0.2, 0.25) is 0 Å². The molecule has 4 heteroatoms. The fraction of sp³-hybridized carbons (Fsp3) is 0.200. The molecule has 0 aliphatic rings. The maximum absolute atomic E-state index is 11.7. The zero-order chi connectivity index (χ0) is 17.3. The predicted octanol–water partition coefficient (Wildman–Crippen LogP) is 4.48. The lowest BCUT2D eigenvalue weighted by molar-refractivity contribution is 0.0699. The Labute approximate surface area is 140 Å². The maximum atomic E-state index is 11.7. The molecule has 0 fully saturated rings. The molecule has 0 saturated carbocycles. The minimum atomic E-state index is -0.942. The average Bonchev–Trinajstić information content (AvgIpc) is 2.60. The van der Waals surface area contributed by atoms with Gasteiger partial charge >= 0.3 is 5.97 Å². The van der Waals surface area contributed by atoms with Crippen molar-refractivity contribution in [2.24, 2.45) is 0 Å². The fourth-order valence-electron chi connectivity index (χ4n) is 2.86. The van der Waals surface area contributed by atoms with Gasteiger partial charge in [0.2, 0.25) is 0 Å². The number of carboxylic acids is 1. The summed E-state index contributed by atoms with van der Waals surface area (Å²) in [5, 5.41) is 10.3. The molecule has 0 spiro atoms.